The number of rotatable bonds is 2. The third-order valence-electron chi connectivity index (χ3n) is 3.96. The second kappa shape index (κ2) is 4.95. The van der Waals surface area contributed by atoms with E-state index in [0.717, 1.165) is 0 Å². The third kappa shape index (κ3) is 2.44. The number of amides is 1. The van der Waals surface area contributed by atoms with Gasteiger partial charge in [0.15, 0.2) is 0 Å². The van der Waals surface area contributed by atoms with E-state index in [1.807, 2.05) is 0 Å². The standard InChI is InChI=1S/C12H20N4O4/c1-6-12(2,19)9(15-11(17)18)4-8(20-6)10-7(13)5-14-16(10)3/h5-6,8-9,15,19H,4,13H2,1-3H3,(H,17,18). The highest BCUT2D eigenvalue weighted by Crippen LogP contribution is 2.38. The fourth-order valence-corrected chi connectivity index (χ4v) is 2.56. The Morgan fingerprint density at radius 2 is 2.35 bits per heavy atom. The molecule has 1 aliphatic heterocycles. The maximum atomic E-state index is 10.9. The highest BCUT2D eigenvalue weighted by molar-refractivity contribution is 5.65. The quantitative estimate of drug-likeness (QED) is 0.617. The zero-order valence-corrected chi connectivity index (χ0v) is 11.7. The maximum Gasteiger partial charge on any atom is 0.404 e. The van der Waals surface area contributed by atoms with Crippen molar-refractivity contribution in [1.29, 1.82) is 0 Å². The molecule has 1 aromatic rings. The predicted molar refractivity (Wildman–Crippen MR) is 71.1 cm³/mol. The van der Waals surface area contributed by atoms with Crippen molar-refractivity contribution in [2.45, 2.75) is 44.1 Å². The lowest BCUT2D eigenvalue weighted by Crippen LogP contribution is -2.60. The Balaban J connectivity index is 2.29. The minimum atomic E-state index is -1.29. The van der Waals surface area contributed by atoms with E-state index in [0.29, 0.717) is 11.4 Å². The van der Waals surface area contributed by atoms with Crippen LogP contribution in [0.3, 0.4) is 0 Å². The molecular formula is C12H20N4O4. The number of hydrogen-bond donors (Lipinski definition) is 4. The second-order valence-electron chi connectivity index (χ2n) is 5.34. The highest BCUT2D eigenvalue weighted by atomic mass is 16.5. The zero-order chi connectivity index (χ0) is 15.1. The normalized spacial score (nSPS) is 33.9. The summed E-state index contributed by atoms with van der Waals surface area (Å²) >= 11 is 0. The van der Waals surface area contributed by atoms with E-state index in [-0.39, 0.29) is 6.42 Å². The summed E-state index contributed by atoms with van der Waals surface area (Å²) in [4.78, 5) is 10.9. The van der Waals surface area contributed by atoms with Crippen LogP contribution < -0.4 is 11.1 Å². The molecule has 0 radical (unpaired) electrons. The minimum Gasteiger partial charge on any atom is -0.465 e. The lowest BCUT2D eigenvalue weighted by molar-refractivity contribution is -0.177. The Morgan fingerprint density at radius 3 is 2.85 bits per heavy atom. The molecule has 1 aliphatic rings. The molecule has 1 aromatic heterocycles. The number of nitrogens with one attached hydrogen (secondary N) is 1. The molecule has 4 atom stereocenters. The summed E-state index contributed by atoms with van der Waals surface area (Å²) in [5.74, 6) is 0. The van der Waals surface area contributed by atoms with Gasteiger partial charge in [0.05, 0.1) is 29.7 Å². The van der Waals surface area contributed by atoms with Crippen molar-refractivity contribution in [1.82, 2.24) is 15.1 Å². The first-order valence-corrected chi connectivity index (χ1v) is 6.38. The number of aromatic nitrogens is 2. The van der Waals surface area contributed by atoms with Crippen LogP contribution in [-0.4, -0.2) is 43.8 Å². The molecule has 4 unspecified atom stereocenters. The summed E-state index contributed by atoms with van der Waals surface area (Å²) in [5.41, 5.74) is 5.75. The lowest BCUT2D eigenvalue weighted by atomic mass is 9.83. The van der Waals surface area contributed by atoms with Gasteiger partial charge in [-0.2, -0.15) is 5.10 Å². The summed E-state index contributed by atoms with van der Waals surface area (Å²) in [7, 11) is 1.74. The number of hydrogen-bond acceptors (Lipinski definition) is 5. The molecular weight excluding hydrogens is 264 g/mol. The summed E-state index contributed by atoms with van der Waals surface area (Å²) in [5, 5.41) is 25.7. The molecule has 2 heterocycles. The molecule has 5 N–H and O–H groups in total. The van der Waals surface area contributed by atoms with Crippen LogP contribution >= 0.6 is 0 Å². The Kier molecular flexibility index (Phi) is 3.61. The Morgan fingerprint density at radius 1 is 1.70 bits per heavy atom. The van der Waals surface area contributed by atoms with E-state index in [4.69, 9.17) is 15.6 Å². The first-order chi connectivity index (χ1) is 9.23. The number of nitrogen functional groups attached to an aromatic ring is 1. The van der Waals surface area contributed by atoms with Crippen molar-refractivity contribution >= 4 is 11.8 Å². The smallest absolute Gasteiger partial charge is 0.404 e. The maximum absolute atomic E-state index is 10.9. The number of nitrogens with zero attached hydrogens (tertiary/aromatic N) is 2. The van der Waals surface area contributed by atoms with Crippen LogP contribution in [0, 0.1) is 0 Å². The van der Waals surface area contributed by atoms with Gasteiger partial charge in [-0.1, -0.05) is 0 Å². The van der Waals surface area contributed by atoms with Gasteiger partial charge in [-0.05, 0) is 13.8 Å². The van der Waals surface area contributed by atoms with Crippen LogP contribution in [0.4, 0.5) is 10.5 Å². The van der Waals surface area contributed by atoms with Gasteiger partial charge >= 0.3 is 6.09 Å². The molecule has 0 aromatic carbocycles. The fourth-order valence-electron chi connectivity index (χ4n) is 2.56. The van der Waals surface area contributed by atoms with Crippen molar-refractivity contribution in [3.8, 4) is 0 Å². The molecule has 8 nitrogen and oxygen atoms in total. The SMILES string of the molecule is CC1OC(c2c(N)cnn2C)CC(NC(=O)O)C1(C)O. The van der Waals surface area contributed by atoms with Gasteiger partial charge in [0.2, 0.25) is 0 Å². The number of ether oxygens (including phenoxy) is 1. The monoisotopic (exact) mass is 284 g/mol. The van der Waals surface area contributed by atoms with Gasteiger partial charge in [0.25, 0.3) is 0 Å². The topological polar surface area (TPSA) is 123 Å². The summed E-state index contributed by atoms with van der Waals surface area (Å²) in [6, 6.07) is -0.650. The van der Waals surface area contributed by atoms with E-state index in [9.17, 15) is 9.90 Å². The van der Waals surface area contributed by atoms with E-state index in [1.165, 1.54) is 6.20 Å². The Hall–Kier alpha value is -1.80. The molecule has 0 aliphatic carbocycles. The van der Waals surface area contributed by atoms with Crippen LogP contribution in [0.1, 0.15) is 32.1 Å². The van der Waals surface area contributed by atoms with Crippen molar-refractivity contribution in [3.63, 3.8) is 0 Å². The zero-order valence-electron chi connectivity index (χ0n) is 11.7. The van der Waals surface area contributed by atoms with Gasteiger partial charge in [-0.3, -0.25) is 4.68 Å². The van der Waals surface area contributed by atoms with Gasteiger partial charge < -0.3 is 26.0 Å². The highest BCUT2D eigenvalue weighted by Gasteiger charge is 2.46. The number of aliphatic hydroxyl groups is 1. The van der Waals surface area contributed by atoms with Gasteiger partial charge in [-0.25, -0.2) is 4.79 Å². The largest absolute Gasteiger partial charge is 0.465 e. The first kappa shape index (κ1) is 14.6. The van der Waals surface area contributed by atoms with Crippen molar-refractivity contribution in [2.24, 2.45) is 7.05 Å². The average molecular weight is 284 g/mol. The van der Waals surface area contributed by atoms with Crippen LogP contribution in [-0.2, 0) is 11.8 Å². The van der Waals surface area contributed by atoms with Crippen molar-refractivity contribution in [3.05, 3.63) is 11.9 Å². The number of aryl methyl sites for hydroxylation is 1. The number of nitrogens with two attached hydrogens (primary N) is 1. The molecule has 1 saturated heterocycles. The molecule has 1 amide bonds. The van der Waals surface area contributed by atoms with Crippen LogP contribution in [0.25, 0.3) is 0 Å². The van der Waals surface area contributed by atoms with E-state index >= 15 is 0 Å². The summed E-state index contributed by atoms with van der Waals surface area (Å²) < 4.78 is 7.40. The number of carbonyl (C=O) groups is 1. The Bertz CT molecular complexity index is 494. The molecule has 2 rings (SSSR count). The van der Waals surface area contributed by atoms with Crippen molar-refractivity contribution in [2.75, 3.05) is 5.73 Å². The predicted octanol–water partition coefficient (Wildman–Crippen LogP) is 0.239. The lowest BCUT2D eigenvalue weighted by Gasteiger charge is -2.45. The minimum absolute atomic E-state index is 0.285. The van der Waals surface area contributed by atoms with Crippen LogP contribution in [0.15, 0.2) is 6.20 Å². The summed E-state index contributed by atoms with van der Waals surface area (Å²) in [6.07, 6.45) is -0.341. The molecule has 0 bridgehead atoms. The molecule has 112 valence electrons. The second-order valence-corrected chi connectivity index (χ2v) is 5.34. The van der Waals surface area contributed by atoms with E-state index in [2.05, 4.69) is 10.4 Å². The molecule has 0 saturated carbocycles. The number of anilines is 1. The average Bonchev–Trinajstić information content (AvgIpc) is 2.65. The van der Waals surface area contributed by atoms with Crippen LogP contribution in [0.5, 0.6) is 0 Å². The molecule has 0 spiro atoms. The Labute approximate surface area is 116 Å². The van der Waals surface area contributed by atoms with E-state index < -0.39 is 29.9 Å². The molecule has 1 fully saturated rings. The third-order valence-corrected chi connectivity index (χ3v) is 3.96. The number of carboxylic acid groups (broad SMARTS) is 1. The van der Waals surface area contributed by atoms with Crippen molar-refractivity contribution < 1.29 is 19.7 Å². The van der Waals surface area contributed by atoms with Crippen LogP contribution in [0.2, 0.25) is 0 Å². The van der Waals surface area contributed by atoms with Gasteiger partial charge in [0.1, 0.15) is 11.7 Å². The van der Waals surface area contributed by atoms with Gasteiger partial charge in [0, 0.05) is 13.5 Å². The summed E-state index contributed by atoms with van der Waals surface area (Å²) in [6.45, 7) is 3.26. The van der Waals surface area contributed by atoms with E-state index in [1.54, 1.807) is 25.6 Å². The molecule has 8 heteroatoms. The fraction of sp³-hybridized carbons (Fsp3) is 0.667. The van der Waals surface area contributed by atoms with Gasteiger partial charge in [-0.15, -0.1) is 0 Å². The molecule has 20 heavy (non-hydrogen) atoms. The first-order valence-electron chi connectivity index (χ1n) is 6.38.